The largest absolute Gasteiger partial charge is 0.395 e. The van der Waals surface area contributed by atoms with Crippen LogP contribution in [0.25, 0.3) is 0 Å². The SMILES string of the molecule is Cl.Cl.OC[C@@H]1[C@@H](O)[C@H](O)[C@@H](O)CN1CCCCCOCC(COCCCCCN1C[C@H](O)[C@@H](O)[C@H](O)[C@H]1CO)C12CC3CC(CC(C3)C1)C2. The van der Waals surface area contributed by atoms with Crippen molar-refractivity contribution in [1.29, 1.82) is 0 Å². The third-order valence-electron chi connectivity index (χ3n) is 12.5. The van der Waals surface area contributed by atoms with E-state index in [1.807, 2.05) is 9.80 Å². The second-order valence-electron chi connectivity index (χ2n) is 15.8. The van der Waals surface area contributed by atoms with Crippen LogP contribution in [0.3, 0.4) is 0 Å². The molecule has 6 rings (SSSR count). The number of unbranched alkanes of at least 4 members (excludes halogenated alkanes) is 4. The molecular weight excluding hydrogens is 679 g/mol. The van der Waals surface area contributed by atoms with Crippen molar-refractivity contribution in [3.05, 3.63) is 0 Å². The second-order valence-corrected chi connectivity index (χ2v) is 15.8. The Hall–Kier alpha value is 0.100. The first kappa shape index (κ1) is 43.5. The summed E-state index contributed by atoms with van der Waals surface area (Å²) in [6.07, 6.45) is 6.75. The third-order valence-corrected chi connectivity index (χ3v) is 12.5. The van der Waals surface area contributed by atoms with Crippen molar-refractivity contribution >= 4 is 24.8 Å². The van der Waals surface area contributed by atoms with Gasteiger partial charge in [0.2, 0.25) is 0 Å². The number of β-amino-alcohol motifs (C(OH)–C–C–N with tert-alkyl or cyclic N) is 2. The molecule has 0 aromatic rings. The highest BCUT2D eigenvalue weighted by Gasteiger charge is 2.54. The molecule has 4 bridgehead atoms. The Labute approximate surface area is 305 Å². The number of rotatable bonds is 19. The minimum absolute atomic E-state index is 0. The highest BCUT2D eigenvalue weighted by molar-refractivity contribution is 5.85. The average Bonchev–Trinajstić information content (AvgIpc) is 3.03. The lowest BCUT2D eigenvalue weighted by Gasteiger charge is -2.59. The third kappa shape index (κ3) is 10.8. The summed E-state index contributed by atoms with van der Waals surface area (Å²) in [6, 6.07) is -1.12. The van der Waals surface area contributed by atoms with Gasteiger partial charge in [-0.25, -0.2) is 0 Å². The molecule has 4 saturated carbocycles. The lowest BCUT2D eigenvalue weighted by Crippen LogP contribution is -2.62. The van der Waals surface area contributed by atoms with Gasteiger partial charge in [-0.05, 0) is 113 Å². The predicted octanol–water partition coefficient (Wildman–Crippen LogP) is 0.555. The van der Waals surface area contributed by atoms with Gasteiger partial charge in [0.15, 0.2) is 0 Å². The Balaban J connectivity index is 0.00000325. The number of likely N-dealkylation sites (tertiary alicyclic amines) is 2. The molecule has 12 nitrogen and oxygen atoms in total. The quantitative estimate of drug-likeness (QED) is 0.0861. The van der Waals surface area contributed by atoms with Gasteiger partial charge in [-0.15, -0.1) is 24.8 Å². The number of hydrogen-bond donors (Lipinski definition) is 8. The van der Waals surface area contributed by atoms with Crippen LogP contribution in [0.1, 0.15) is 77.0 Å². The smallest absolute Gasteiger partial charge is 0.109 e. The number of hydrogen-bond acceptors (Lipinski definition) is 12. The van der Waals surface area contributed by atoms with Crippen molar-refractivity contribution in [2.75, 3.05) is 65.8 Å². The Morgan fingerprint density at radius 1 is 0.551 bits per heavy atom. The standard InChI is InChI=1S/C35H64N2O10.2ClH/c38-19-27-31(42)33(44)29(40)17-36(27)7-3-1-5-9-46-21-26(35-14-23-11-24(15-35)13-25(12-23)16-35)22-47-10-6-2-4-8-37-18-30(41)34(45)32(43)28(37)20-39;;/h23-34,38-45H,1-22H2;2*1H/t23?,24?,25?,27-,28-,29+,30+,31-,32-,33-,34-,35?;;/m1../s1. The van der Waals surface area contributed by atoms with Crippen LogP contribution in [0, 0.1) is 29.1 Å². The molecule has 0 unspecified atom stereocenters. The minimum Gasteiger partial charge on any atom is -0.395 e. The van der Waals surface area contributed by atoms with E-state index >= 15 is 0 Å². The van der Waals surface area contributed by atoms with Gasteiger partial charge in [0.25, 0.3) is 0 Å². The molecule has 0 amide bonds. The van der Waals surface area contributed by atoms with Gasteiger partial charge in [-0.1, -0.05) is 0 Å². The zero-order valence-corrected chi connectivity index (χ0v) is 30.7. The first-order valence-electron chi connectivity index (χ1n) is 18.6. The molecule has 2 saturated heterocycles. The molecule has 0 aromatic heterocycles. The van der Waals surface area contributed by atoms with Crippen molar-refractivity contribution in [2.45, 2.75) is 126 Å². The molecule has 2 aliphatic heterocycles. The average molecular weight is 746 g/mol. The van der Waals surface area contributed by atoms with E-state index in [0.29, 0.717) is 37.6 Å². The van der Waals surface area contributed by atoms with Gasteiger partial charge in [-0.2, -0.15) is 0 Å². The van der Waals surface area contributed by atoms with Crippen molar-refractivity contribution < 1.29 is 50.3 Å². The number of nitrogens with zero attached hydrogens (tertiary/aromatic N) is 2. The highest BCUT2D eigenvalue weighted by atomic mass is 35.5. The van der Waals surface area contributed by atoms with E-state index in [1.165, 1.54) is 38.5 Å². The van der Waals surface area contributed by atoms with Crippen LogP contribution in [0.2, 0.25) is 0 Å². The molecule has 8 atom stereocenters. The minimum atomic E-state index is -1.23. The molecular formula is C35H66Cl2N2O10. The molecule has 2 heterocycles. The van der Waals surface area contributed by atoms with E-state index in [9.17, 15) is 40.9 Å². The fraction of sp³-hybridized carbons (Fsp3) is 1.00. The molecule has 4 aliphatic carbocycles. The summed E-state index contributed by atoms with van der Waals surface area (Å²) in [5.41, 5.74) is 0.328. The molecule has 14 heteroatoms. The number of aliphatic hydroxyl groups excluding tert-OH is 8. The number of halogens is 2. The molecule has 8 N–H and O–H groups in total. The number of ether oxygens (including phenoxy) is 2. The molecule has 0 radical (unpaired) electrons. The summed E-state index contributed by atoms with van der Waals surface area (Å²) in [7, 11) is 0. The van der Waals surface area contributed by atoms with E-state index in [0.717, 1.165) is 69.5 Å². The highest BCUT2D eigenvalue weighted by Crippen LogP contribution is 2.62. The fourth-order valence-electron chi connectivity index (χ4n) is 10.2. The molecule has 6 aliphatic rings. The van der Waals surface area contributed by atoms with E-state index in [-0.39, 0.29) is 51.1 Å². The summed E-state index contributed by atoms with van der Waals surface area (Å²) in [5.74, 6) is 2.96. The van der Waals surface area contributed by atoms with Crippen molar-refractivity contribution in [2.24, 2.45) is 29.1 Å². The maximum Gasteiger partial charge on any atom is 0.109 e. The van der Waals surface area contributed by atoms with Crippen LogP contribution in [0.15, 0.2) is 0 Å². The van der Waals surface area contributed by atoms with Gasteiger partial charge in [0.1, 0.15) is 24.4 Å². The van der Waals surface area contributed by atoms with Crippen LogP contribution in [-0.4, -0.2) is 165 Å². The van der Waals surface area contributed by atoms with Gasteiger partial charge in [-0.3, -0.25) is 9.80 Å². The Morgan fingerprint density at radius 2 is 0.939 bits per heavy atom. The van der Waals surface area contributed by atoms with Crippen LogP contribution in [-0.2, 0) is 9.47 Å². The Bertz CT molecular complexity index is 858. The van der Waals surface area contributed by atoms with Gasteiger partial charge >= 0.3 is 0 Å². The Morgan fingerprint density at radius 3 is 1.31 bits per heavy atom. The van der Waals surface area contributed by atoms with Gasteiger partial charge < -0.3 is 50.3 Å². The van der Waals surface area contributed by atoms with Crippen LogP contribution in [0.4, 0.5) is 0 Å². The molecule has 0 spiro atoms. The fourth-order valence-corrected chi connectivity index (χ4v) is 10.2. The molecule has 0 aromatic carbocycles. The van der Waals surface area contributed by atoms with Crippen molar-refractivity contribution in [3.63, 3.8) is 0 Å². The monoisotopic (exact) mass is 744 g/mol. The lowest BCUT2D eigenvalue weighted by molar-refractivity contribution is -0.145. The van der Waals surface area contributed by atoms with E-state index in [4.69, 9.17) is 9.47 Å². The topological polar surface area (TPSA) is 187 Å². The molecule has 49 heavy (non-hydrogen) atoms. The van der Waals surface area contributed by atoms with Crippen LogP contribution >= 0.6 is 24.8 Å². The predicted molar refractivity (Wildman–Crippen MR) is 189 cm³/mol. The zero-order valence-electron chi connectivity index (χ0n) is 29.1. The summed E-state index contributed by atoms with van der Waals surface area (Å²) >= 11 is 0. The Kier molecular flexibility index (Phi) is 18.2. The molecule has 6 fully saturated rings. The van der Waals surface area contributed by atoms with Crippen molar-refractivity contribution in [3.8, 4) is 0 Å². The summed E-state index contributed by atoms with van der Waals surface area (Å²) in [4.78, 5) is 3.76. The van der Waals surface area contributed by atoms with E-state index in [2.05, 4.69) is 0 Å². The van der Waals surface area contributed by atoms with Gasteiger partial charge in [0.05, 0.1) is 50.7 Å². The van der Waals surface area contributed by atoms with Gasteiger partial charge in [0, 0.05) is 32.2 Å². The number of aliphatic hydroxyl groups is 8. The van der Waals surface area contributed by atoms with Crippen LogP contribution in [0.5, 0.6) is 0 Å². The maximum atomic E-state index is 10.2. The first-order valence-corrected chi connectivity index (χ1v) is 18.6. The normalized spacial score (nSPS) is 39.2. The zero-order chi connectivity index (χ0) is 33.6. The molecule has 290 valence electrons. The van der Waals surface area contributed by atoms with Crippen LogP contribution < -0.4 is 0 Å². The maximum absolute atomic E-state index is 10.2. The van der Waals surface area contributed by atoms with E-state index < -0.39 is 48.7 Å². The van der Waals surface area contributed by atoms with Crippen molar-refractivity contribution in [1.82, 2.24) is 9.80 Å². The summed E-state index contributed by atoms with van der Waals surface area (Å²) < 4.78 is 12.7. The second kappa shape index (κ2) is 20.5. The first-order chi connectivity index (χ1) is 22.7. The van der Waals surface area contributed by atoms with E-state index in [1.54, 1.807) is 0 Å². The number of piperidine rings is 2. The lowest BCUT2D eigenvalue weighted by atomic mass is 9.46. The summed E-state index contributed by atoms with van der Waals surface area (Å²) in [5, 5.41) is 79.8. The summed E-state index contributed by atoms with van der Waals surface area (Å²) in [6.45, 7) is 4.06.